The van der Waals surface area contributed by atoms with Gasteiger partial charge in [-0.2, -0.15) is 0 Å². The summed E-state index contributed by atoms with van der Waals surface area (Å²) in [5, 5.41) is 7.24. The molecule has 0 fully saturated rings. The lowest BCUT2D eigenvalue weighted by atomic mass is 10.1. The quantitative estimate of drug-likeness (QED) is 0.633. The number of carbonyl (C=O) groups is 1. The maximum atomic E-state index is 12.3. The Morgan fingerprint density at radius 1 is 1.04 bits per heavy atom. The average Bonchev–Trinajstić information content (AvgIpc) is 3.19. The average molecular weight is 366 g/mol. The summed E-state index contributed by atoms with van der Waals surface area (Å²) < 4.78 is 0. The van der Waals surface area contributed by atoms with Crippen LogP contribution in [0.25, 0.3) is 0 Å². The number of quaternary nitrogens is 1. The normalized spacial score (nSPS) is 11.9. The number of carbonyl (C=O) groups excluding carboxylic acids is 1. The molecule has 0 unspecified atom stereocenters. The molecule has 0 saturated carbocycles. The Morgan fingerprint density at radius 2 is 1.81 bits per heavy atom. The van der Waals surface area contributed by atoms with Crippen LogP contribution in [0.5, 0.6) is 0 Å². The van der Waals surface area contributed by atoms with Gasteiger partial charge in [0.05, 0.1) is 4.88 Å². The molecule has 0 aliphatic rings. The predicted molar refractivity (Wildman–Crippen MR) is 107 cm³/mol. The summed E-state index contributed by atoms with van der Waals surface area (Å²) >= 11 is 1.73. The molecule has 3 rings (SSSR count). The standard InChI is InChI=1S/C22H24N2OS/c1-17-8-5-6-9-18(17)13-14-23-21(25)16-24-22(20-12-7-15-26-20)19-10-3-2-4-11-19/h2-12,15,22,24H,13-14,16H2,1H3,(H,23,25)/p+1/t22-/m0/s1. The summed E-state index contributed by atoms with van der Waals surface area (Å²) in [7, 11) is 0. The summed E-state index contributed by atoms with van der Waals surface area (Å²) in [6.07, 6.45) is 0.867. The van der Waals surface area contributed by atoms with Gasteiger partial charge in [-0.25, -0.2) is 0 Å². The molecule has 0 aliphatic carbocycles. The second-order valence-corrected chi connectivity index (χ2v) is 7.35. The number of nitrogens with two attached hydrogens (primary N) is 1. The monoisotopic (exact) mass is 365 g/mol. The first-order chi connectivity index (χ1) is 12.7. The largest absolute Gasteiger partial charge is 0.351 e. The van der Waals surface area contributed by atoms with Crippen molar-refractivity contribution in [3.05, 3.63) is 93.7 Å². The van der Waals surface area contributed by atoms with Crippen LogP contribution in [0.3, 0.4) is 0 Å². The van der Waals surface area contributed by atoms with Crippen molar-refractivity contribution < 1.29 is 10.1 Å². The molecular formula is C22H25N2OS+. The topological polar surface area (TPSA) is 45.7 Å². The second kappa shape index (κ2) is 9.32. The van der Waals surface area contributed by atoms with Gasteiger partial charge in [-0.15, -0.1) is 11.3 Å². The number of benzene rings is 2. The number of amides is 1. The maximum absolute atomic E-state index is 12.3. The molecule has 4 heteroatoms. The Morgan fingerprint density at radius 3 is 2.54 bits per heavy atom. The third-order valence-corrected chi connectivity index (χ3v) is 5.48. The van der Waals surface area contributed by atoms with Gasteiger partial charge in [-0.05, 0) is 35.9 Å². The van der Waals surface area contributed by atoms with E-state index >= 15 is 0 Å². The molecule has 0 saturated heterocycles. The fourth-order valence-corrected chi connectivity index (χ4v) is 3.92. The Balaban J connectivity index is 1.52. The van der Waals surface area contributed by atoms with Gasteiger partial charge < -0.3 is 10.6 Å². The van der Waals surface area contributed by atoms with Crippen molar-refractivity contribution in [3.8, 4) is 0 Å². The van der Waals surface area contributed by atoms with Gasteiger partial charge in [0.15, 0.2) is 6.54 Å². The SMILES string of the molecule is Cc1ccccc1CCNC(=O)C[NH2+][C@@H](c1ccccc1)c1cccs1. The van der Waals surface area contributed by atoms with Crippen molar-refractivity contribution in [2.75, 3.05) is 13.1 Å². The fourth-order valence-electron chi connectivity index (χ4n) is 3.07. The minimum Gasteiger partial charge on any atom is -0.351 e. The van der Waals surface area contributed by atoms with Crippen molar-refractivity contribution >= 4 is 17.2 Å². The van der Waals surface area contributed by atoms with Crippen LogP contribution in [0.1, 0.15) is 27.6 Å². The van der Waals surface area contributed by atoms with E-state index in [-0.39, 0.29) is 11.9 Å². The van der Waals surface area contributed by atoms with Crippen molar-refractivity contribution in [2.24, 2.45) is 0 Å². The van der Waals surface area contributed by atoms with E-state index in [1.165, 1.54) is 21.6 Å². The number of hydrogen-bond acceptors (Lipinski definition) is 2. The van der Waals surface area contributed by atoms with Crippen LogP contribution in [0.4, 0.5) is 0 Å². The smallest absolute Gasteiger partial charge is 0.275 e. The van der Waals surface area contributed by atoms with E-state index in [1.807, 2.05) is 30.3 Å². The van der Waals surface area contributed by atoms with Crippen LogP contribution in [0.15, 0.2) is 72.1 Å². The predicted octanol–water partition coefficient (Wildman–Crippen LogP) is 3.07. The number of thiophene rings is 1. The van der Waals surface area contributed by atoms with Crippen LogP contribution < -0.4 is 10.6 Å². The van der Waals surface area contributed by atoms with Gasteiger partial charge in [0.25, 0.3) is 5.91 Å². The highest BCUT2D eigenvalue weighted by molar-refractivity contribution is 7.10. The summed E-state index contributed by atoms with van der Waals surface area (Å²) in [5.41, 5.74) is 3.79. The lowest BCUT2D eigenvalue weighted by Crippen LogP contribution is -2.87. The molecule has 3 nitrogen and oxygen atoms in total. The maximum Gasteiger partial charge on any atom is 0.275 e. The van der Waals surface area contributed by atoms with E-state index < -0.39 is 0 Å². The number of aryl methyl sites for hydroxylation is 1. The van der Waals surface area contributed by atoms with Crippen molar-refractivity contribution in [2.45, 2.75) is 19.4 Å². The third kappa shape index (κ3) is 5.04. The van der Waals surface area contributed by atoms with Crippen LogP contribution in [0.2, 0.25) is 0 Å². The molecule has 1 aromatic heterocycles. The molecule has 3 aromatic rings. The third-order valence-electron chi connectivity index (χ3n) is 4.53. The van der Waals surface area contributed by atoms with Crippen molar-refractivity contribution in [3.63, 3.8) is 0 Å². The fraction of sp³-hybridized carbons (Fsp3) is 0.227. The number of rotatable bonds is 8. The minimum absolute atomic E-state index is 0.0797. The van der Waals surface area contributed by atoms with E-state index in [0.717, 1.165) is 6.42 Å². The van der Waals surface area contributed by atoms with Crippen molar-refractivity contribution in [1.29, 1.82) is 0 Å². The molecule has 1 heterocycles. The van der Waals surface area contributed by atoms with E-state index in [0.29, 0.717) is 13.1 Å². The first-order valence-corrected chi connectivity index (χ1v) is 9.85. The Bertz CT molecular complexity index is 815. The molecule has 2 aromatic carbocycles. The van der Waals surface area contributed by atoms with Crippen LogP contribution in [0, 0.1) is 6.92 Å². The zero-order valence-electron chi connectivity index (χ0n) is 15.0. The van der Waals surface area contributed by atoms with Gasteiger partial charge in [0.2, 0.25) is 0 Å². The van der Waals surface area contributed by atoms with Gasteiger partial charge >= 0.3 is 0 Å². The van der Waals surface area contributed by atoms with Crippen LogP contribution >= 0.6 is 11.3 Å². The lowest BCUT2D eigenvalue weighted by Gasteiger charge is -2.15. The molecule has 0 bridgehead atoms. The van der Waals surface area contributed by atoms with Crippen LogP contribution in [-0.2, 0) is 11.2 Å². The summed E-state index contributed by atoms with van der Waals surface area (Å²) in [5.74, 6) is 0.0797. The molecule has 0 aliphatic heterocycles. The highest BCUT2D eigenvalue weighted by atomic mass is 32.1. The van der Waals surface area contributed by atoms with Gasteiger partial charge in [0, 0.05) is 12.1 Å². The summed E-state index contributed by atoms with van der Waals surface area (Å²) in [4.78, 5) is 13.6. The lowest BCUT2D eigenvalue weighted by molar-refractivity contribution is -0.676. The number of hydrogen-bond donors (Lipinski definition) is 2. The molecule has 3 N–H and O–H groups in total. The van der Waals surface area contributed by atoms with E-state index in [1.54, 1.807) is 11.3 Å². The Labute approximate surface area is 159 Å². The van der Waals surface area contributed by atoms with Crippen LogP contribution in [-0.4, -0.2) is 19.0 Å². The first kappa shape index (κ1) is 18.4. The minimum atomic E-state index is 0.0797. The second-order valence-electron chi connectivity index (χ2n) is 6.37. The van der Waals surface area contributed by atoms with Crippen molar-refractivity contribution in [1.82, 2.24) is 5.32 Å². The van der Waals surface area contributed by atoms with Gasteiger partial charge in [-0.1, -0.05) is 60.7 Å². The number of nitrogens with one attached hydrogen (secondary N) is 1. The zero-order chi connectivity index (χ0) is 18.2. The molecule has 0 radical (unpaired) electrons. The van der Waals surface area contributed by atoms with Gasteiger partial charge in [0.1, 0.15) is 6.04 Å². The van der Waals surface area contributed by atoms with E-state index in [9.17, 15) is 4.79 Å². The highest BCUT2D eigenvalue weighted by Gasteiger charge is 2.19. The summed E-state index contributed by atoms with van der Waals surface area (Å²) in [6, 6.07) is 23.0. The molecule has 0 spiro atoms. The van der Waals surface area contributed by atoms with E-state index in [4.69, 9.17) is 0 Å². The molecular weight excluding hydrogens is 340 g/mol. The first-order valence-electron chi connectivity index (χ1n) is 8.97. The molecule has 1 atom stereocenters. The highest BCUT2D eigenvalue weighted by Crippen LogP contribution is 2.22. The Hall–Kier alpha value is -2.43. The Kier molecular flexibility index (Phi) is 6.58. The molecule has 134 valence electrons. The van der Waals surface area contributed by atoms with Gasteiger partial charge in [-0.3, -0.25) is 4.79 Å². The van der Waals surface area contributed by atoms with E-state index in [2.05, 4.69) is 59.3 Å². The summed E-state index contributed by atoms with van der Waals surface area (Å²) in [6.45, 7) is 3.20. The molecule has 26 heavy (non-hydrogen) atoms. The molecule has 1 amide bonds. The zero-order valence-corrected chi connectivity index (χ0v) is 15.8.